The first-order chi connectivity index (χ1) is 8.15. The maximum atomic E-state index is 5.29. The van der Waals surface area contributed by atoms with Crippen molar-refractivity contribution in [3.05, 3.63) is 0 Å². The summed E-state index contributed by atoms with van der Waals surface area (Å²) in [5, 5.41) is 3.60. The molecule has 0 saturated carbocycles. The highest BCUT2D eigenvalue weighted by atomic mass is 16.5. The van der Waals surface area contributed by atoms with Crippen LogP contribution in [0.15, 0.2) is 0 Å². The molecule has 1 N–H and O–H groups in total. The lowest BCUT2D eigenvalue weighted by Crippen LogP contribution is -2.51. The molecule has 0 radical (unpaired) electrons. The highest BCUT2D eigenvalue weighted by Crippen LogP contribution is 2.19. The number of likely N-dealkylation sites (tertiary alicyclic amines) is 1. The number of piperidine rings is 1. The van der Waals surface area contributed by atoms with E-state index in [0.717, 1.165) is 25.6 Å². The van der Waals surface area contributed by atoms with Crippen molar-refractivity contribution < 1.29 is 4.74 Å². The average molecular weight is 242 g/mol. The van der Waals surface area contributed by atoms with Crippen molar-refractivity contribution in [1.29, 1.82) is 0 Å². The van der Waals surface area contributed by atoms with Gasteiger partial charge in [-0.25, -0.2) is 0 Å². The summed E-state index contributed by atoms with van der Waals surface area (Å²) in [6.07, 6.45) is 4.05. The summed E-state index contributed by atoms with van der Waals surface area (Å²) < 4.78 is 5.29. The van der Waals surface area contributed by atoms with E-state index in [1.165, 1.54) is 25.8 Å². The molecule has 0 aromatic carbocycles. The van der Waals surface area contributed by atoms with Crippen molar-refractivity contribution in [1.82, 2.24) is 10.2 Å². The topological polar surface area (TPSA) is 24.5 Å². The van der Waals surface area contributed by atoms with Crippen molar-refractivity contribution in [3.63, 3.8) is 0 Å². The van der Waals surface area contributed by atoms with Crippen LogP contribution in [0.4, 0.5) is 0 Å². The molecule has 3 heteroatoms. The summed E-state index contributed by atoms with van der Waals surface area (Å²) in [4.78, 5) is 2.63. The molecule has 102 valence electrons. The fraction of sp³-hybridized carbons (Fsp3) is 1.00. The van der Waals surface area contributed by atoms with Crippen LogP contribution in [0.1, 0.15) is 40.0 Å². The van der Waals surface area contributed by atoms with Gasteiger partial charge in [0.15, 0.2) is 0 Å². The normalized spacial score (nSPS) is 24.2. The van der Waals surface area contributed by atoms with Gasteiger partial charge in [-0.05, 0) is 38.8 Å². The Bertz CT molecular complexity index is 197. The summed E-state index contributed by atoms with van der Waals surface area (Å²) >= 11 is 0. The van der Waals surface area contributed by atoms with Gasteiger partial charge in [-0.15, -0.1) is 0 Å². The maximum Gasteiger partial charge on any atom is 0.0615 e. The van der Waals surface area contributed by atoms with E-state index in [9.17, 15) is 0 Å². The molecule has 0 amide bonds. The third-order valence-corrected chi connectivity index (χ3v) is 3.58. The number of rotatable bonds is 7. The smallest absolute Gasteiger partial charge is 0.0615 e. The molecule has 1 saturated heterocycles. The summed E-state index contributed by atoms with van der Waals surface area (Å²) in [7, 11) is 1.80. The zero-order valence-corrected chi connectivity index (χ0v) is 12.0. The number of hydrogen-bond acceptors (Lipinski definition) is 3. The first-order valence-electron chi connectivity index (χ1n) is 7.10. The van der Waals surface area contributed by atoms with Crippen LogP contribution in [0.25, 0.3) is 0 Å². The van der Waals surface area contributed by atoms with Crippen LogP contribution < -0.4 is 5.32 Å². The molecule has 0 spiro atoms. The third kappa shape index (κ3) is 5.36. The second kappa shape index (κ2) is 8.06. The molecular weight excluding hydrogens is 212 g/mol. The molecular formula is C14H30N2O. The summed E-state index contributed by atoms with van der Waals surface area (Å²) in [6.45, 7) is 11.1. The van der Waals surface area contributed by atoms with Gasteiger partial charge < -0.3 is 10.1 Å². The number of nitrogens with one attached hydrogen (secondary N) is 1. The van der Waals surface area contributed by atoms with E-state index in [-0.39, 0.29) is 0 Å². The number of methoxy groups -OCH3 is 1. The lowest BCUT2D eigenvalue weighted by atomic mass is 10.00. The zero-order valence-electron chi connectivity index (χ0n) is 12.0. The molecule has 1 aliphatic heterocycles. The van der Waals surface area contributed by atoms with Gasteiger partial charge in [0.05, 0.1) is 6.61 Å². The van der Waals surface area contributed by atoms with Gasteiger partial charge in [0, 0.05) is 25.7 Å². The van der Waals surface area contributed by atoms with Crippen LogP contribution in [-0.4, -0.2) is 50.3 Å². The minimum atomic E-state index is 0.547. The number of ether oxygens (including phenoxy) is 1. The summed E-state index contributed by atoms with van der Waals surface area (Å²) in [6, 6.07) is 1.25. The fourth-order valence-electron chi connectivity index (χ4n) is 2.70. The molecule has 3 nitrogen and oxygen atoms in total. The first-order valence-corrected chi connectivity index (χ1v) is 7.10. The Labute approximate surface area is 107 Å². The second-order valence-corrected chi connectivity index (χ2v) is 5.74. The van der Waals surface area contributed by atoms with Crippen LogP contribution in [0.5, 0.6) is 0 Å². The van der Waals surface area contributed by atoms with E-state index in [1.807, 2.05) is 0 Å². The number of nitrogens with zero attached hydrogens (tertiary/aromatic N) is 1. The molecule has 1 rings (SSSR count). The van der Waals surface area contributed by atoms with E-state index in [1.54, 1.807) is 7.11 Å². The Hall–Kier alpha value is -0.120. The molecule has 2 unspecified atom stereocenters. The highest BCUT2D eigenvalue weighted by Gasteiger charge is 2.25. The SMILES string of the molecule is COCC(C)N1CCCCC1CNCC(C)C. The molecule has 0 bridgehead atoms. The van der Waals surface area contributed by atoms with Crippen LogP contribution in [-0.2, 0) is 4.74 Å². The molecule has 1 fully saturated rings. The van der Waals surface area contributed by atoms with Crippen molar-refractivity contribution in [2.24, 2.45) is 5.92 Å². The Morgan fingerprint density at radius 1 is 1.29 bits per heavy atom. The third-order valence-electron chi connectivity index (χ3n) is 3.58. The van der Waals surface area contributed by atoms with E-state index in [2.05, 4.69) is 31.0 Å². The maximum absolute atomic E-state index is 5.29. The quantitative estimate of drug-likeness (QED) is 0.740. The predicted octanol–water partition coefficient (Wildman–Crippen LogP) is 2.12. The molecule has 17 heavy (non-hydrogen) atoms. The summed E-state index contributed by atoms with van der Waals surface area (Å²) in [5.41, 5.74) is 0. The van der Waals surface area contributed by atoms with Crippen molar-refractivity contribution in [3.8, 4) is 0 Å². The summed E-state index contributed by atoms with van der Waals surface area (Å²) in [5.74, 6) is 0.739. The van der Waals surface area contributed by atoms with Gasteiger partial charge in [-0.3, -0.25) is 4.90 Å². The molecule has 1 heterocycles. The number of hydrogen-bond donors (Lipinski definition) is 1. The van der Waals surface area contributed by atoms with E-state index < -0.39 is 0 Å². The molecule has 0 aromatic rings. The van der Waals surface area contributed by atoms with Crippen LogP contribution >= 0.6 is 0 Å². The average Bonchev–Trinajstić information content (AvgIpc) is 2.29. The van der Waals surface area contributed by atoms with Crippen LogP contribution in [0, 0.1) is 5.92 Å². The fourth-order valence-corrected chi connectivity index (χ4v) is 2.70. The first kappa shape index (κ1) is 14.9. The van der Waals surface area contributed by atoms with Gasteiger partial charge in [0.1, 0.15) is 0 Å². The zero-order chi connectivity index (χ0) is 12.7. The van der Waals surface area contributed by atoms with Crippen molar-refractivity contribution in [2.45, 2.75) is 52.1 Å². The van der Waals surface area contributed by atoms with E-state index >= 15 is 0 Å². The largest absolute Gasteiger partial charge is 0.383 e. The Morgan fingerprint density at radius 2 is 2.06 bits per heavy atom. The lowest BCUT2D eigenvalue weighted by molar-refractivity contribution is 0.0486. The van der Waals surface area contributed by atoms with Crippen LogP contribution in [0.3, 0.4) is 0 Å². The minimum Gasteiger partial charge on any atom is -0.383 e. The Morgan fingerprint density at radius 3 is 2.71 bits per heavy atom. The van der Waals surface area contributed by atoms with Gasteiger partial charge in [0.25, 0.3) is 0 Å². The minimum absolute atomic E-state index is 0.547. The molecule has 2 atom stereocenters. The molecule has 1 aliphatic rings. The van der Waals surface area contributed by atoms with Gasteiger partial charge in [-0.2, -0.15) is 0 Å². The van der Waals surface area contributed by atoms with E-state index in [4.69, 9.17) is 4.74 Å². The Kier molecular flexibility index (Phi) is 7.09. The second-order valence-electron chi connectivity index (χ2n) is 5.74. The highest BCUT2D eigenvalue weighted by molar-refractivity contribution is 4.82. The van der Waals surface area contributed by atoms with Gasteiger partial charge in [-0.1, -0.05) is 20.3 Å². The molecule has 0 aromatic heterocycles. The van der Waals surface area contributed by atoms with Gasteiger partial charge >= 0.3 is 0 Å². The predicted molar refractivity (Wildman–Crippen MR) is 73.4 cm³/mol. The molecule has 0 aliphatic carbocycles. The van der Waals surface area contributed by atoms with E-state index in [0.29, 0.717) is 12.1 Å². The van der Waals surface area contributed by atoms with Crippen molar-refractivity contribution in [2.75, 3.05) is 33.4 Å². The standard InChI is InChI=1S/C14H30N2O/c1-12(2)9-15-10-14-7-5-6-8-16(14)13(3)11-17-4/h12-15H,5-11H2,1-4H3. The Balaban J connectivity index is 2.36. The lowest BCUT2D eigenvalue weighted by Gasteiger charge is -2.40. The van der Waals surface area contributed by atoms with Crippen LogP contribution in [0.2, 0.25) is 0 Å². The van der Waals surface area contributed by atoms with Crippen molar-refractivity contribution >= 4 is 0 Å². The van der Waals surface area contributed by atoms with Gasteiger partial charge in [0.2, 0.25) is 0 Å². The monoisotopic (exact) mass is 242 g/mol.